The summed E-state index contributed by atoms with van der Waals surface area (Å²) in [6, 6.07) is 9.25. The number of hydrogen-bond acceptors (Lipinski definition) is 7. The fourth-order valence-corrected chi connectivity index (χ4v) is 1.89. The van der Waals surface area contributed by atoms with Gasteiger partial charge >= 0.3 is 0 Å². The van der Waals surface area contributed by atoms with Gasteiger partial charge in [-0.1, -0.05) is 12.1 Å². The minimum atomic E-state index is 0.142. The van der Waals surface area contributed by atoms with E-state index in [1.54, 1.807) is 18.2 Å². The van der Waals surface area contributed by atoms with Crippen molar-refractivity contribution in [1.82, 2.24) is 15.0 Å². The van der Waals surface area contributed by atoms with Gasteiger partial charge in [0.15, 0.2) is 0 Å². The van der Waals surface area contributed by atoms with E-state index in [0.29, 0.717) is 23.1 Å². The average Bonchev–Trinajstić information content (AvgIpc) is 2.48. The van der Waals surface area contributed by atoms with Crippen LogP contribution in [0.25, 0.3) is 0 Å². The Morgan fingerprint density at radius 1 is 1.19 bits per heavy atom. The molecule has 1 aromatic heterocycles. The molecule has 0 fully saturated rings. The molecule has 0 unspecified atom stereocenters. The molecule has 0 saturated carbocycles. The normalized spacial score (nSPS) is 9.95. The maximum Gasteiger partial charge on any atom is 0.233 e. The van der Waals surface area contributed by atoms with Crippen molar-refractivity contribution in [2.75, 3.05) is 29.0 Å². The molecule has 2 rings (SSSR count). The van der Waals surface area contributed by atoms with Crippen LogP contribution in [-0.2, 0) is 0 Å². The molecule has 0 amide bonds. The Bertz CT molecular complexity index is 659. The van der Waals surface area contributed by atoms with Gasteiger partial charge in [-0.3, -0.25) is 0 Å². The van der Waals surface area contributed by atoms with Gasteiger partial charge in [0.2, 0.25) is 17.8 Å². The third kappa shape index (κ3) is 3.36. The number of nitrogen functional groups attached to an aromatic ring is 1. The van der Waals surface area contributed by atoms with Crippen LogP contribution in [0.5, 0.6) is 0 Å². The van der Waals surface area contributed by atoms with Gasteiger partial charge in [-0.15, -0.1) is 0 Å². The van der Waals surface area contributed by atoms with Crippen molar-refractivity contribution in [1.29, 1.82) is 5.26 Å². The van der Waals surface area contributed by atoms with E-state index >= 15 is 0 Å². The van der Waals surface area contributed by atoms with Crippen LogP contribution in [0.15, 0.2) is 24.3 Å². The summed E-state index contributed by atoms with van der Waals surface area (Å²) in [5, 5.41) is 12.1. The highest BCUT2D eigenvalue weighted by atomic mass is 15.3. The molecule has 7 nitrogen and oxygen atoms in total. The lowest BCUT2D eigenvalue weighted by Crippen LogP contribution is -2.25. The molecule has 0 aliphatic rings. The van der Waals surface area contributed by atoms with E-state index in [4.69, 9.17) is 11.0 Å². The van der Waals surface area contributed by atoms with Crippen LogP contribution < -0.4 is 16.0 Å². The summed E-state index contributed by atoms with van der Waals surface area (Å²) in [7, 11) is 0. The third-order valence-corrected chi connectivity index (χ3v) is 2.98. The zero-order valence-electron chi connectivity index (χ0n) is 12.0. The first-order valence-electron chi connectivity index (χ1n) is 6.70. The molecular formula is C14H17N7. The Hall–Kier alpha value is -2.88. The Balaban J connectivity index is 2.34. The summed E-state index contributed by atoms with van der Waals surface area (Å²) in [6.07, 6.45) is 0. The summed E-state index contributed by atoms with van der Waals surface area (Å²) < 4.78 is 0. The molecule has 0 saturated heterocycles. The quantitative estimate of drug-likeness (QED) is 0.863. The Morgan fingerprint density at radius 3 is 2.57 bits per heavy atom. The van der Waals surface area contributed by atoms with Crippen molar-refractivity contribution in [2.24, 2.45) is 0 Å². The second-order valence-electron chi connectivity index (χ2n) is 4.27. The highest BCUT2D eigenvalue weighted by molar-refractivity contribution is 5.63. The first kappa shape index (κ1) is 14.5. The van der Waals surface area contributed by atoms with Gasteiger partial charge in [-0.2, -0.15) is 20.2 Å². The van der Waals surface area contributed by atoms with E-state index in [1.165, 1.54) is 0 Å². The largest absolute Gasteiger partial charge is 0.368 e. The van der Waals surface area contributed by atoms with Crippen molar-refractivity contribution in [2.45, 2.75) is 13.8 Å². The number of nitrogens with one attached hydrogen (secondary N) is 1. The highest BCUT2D eigenvalue weighted by Gasteiger charge is 2.10. The standard InChI is InChI=1S/C14H17N7/c1-3-21(4-2)14-19-12(16)18-13(20-14)17-11-8-6-5-7-10(11)9-15/h5-8H,3-4H2,1-2H3,(H3,16,17,18,19,20). The lowest BCUT2D eigenvalue weighted by molar-refractivity contribution is 0.816. The number of para-hydroxylation sites is 1. The molecule has 2 aromatic rings. The van der Waals surface area contributed by atoms with E-state index in [0.717, 1.165) is 13.1 Å². The van der Waals surface area contributed by atoms with Crippen LogP contribution in [-0.4, -0.2) is 28.0 Å². The van der Waals surface area contributed by atoms with Crippen molar-refractivity contribution in [3.63, 3.8) is 0 Å². The minimum absolute atomic E-state index is 0.142. The summed E-state index contributed by atoms with van der Waals surface area (Å²) in [5.74, 6) is 0.986. The number of nitrogens with two attached hydrogens (primary N) is 1. The van der Waals surface area contributed by atoms with Crippen molar-refractivity contribution < 1.29 is 0 Å². The fraction of sp³-hybridized carbons (Fsp3) is 0.286. The number of benzene rings is 1. The summed E-state index contributed by atoms with van der Waals surface area (Å²) in [5.41, 5.74) is 6.89. The zero-order chi connectivity index (χ0) is 15.2. The van der Waals surface area contributed by atoms with Crippen LogP contribution >= 0.6 is 0 Å². The van der Waals surface area contributed by atoms with E-state index < -0.39 is 0 Å². The predicted molar refractivity (Wildman–Crippen MR) is 82.2 cm³/mol. The number of nitriles is 1. The highest BCUT2D eigenvalue weighted by Crippen LogP contribution is 2.19. The molecule has 1 heterocycles. The third-order valence-electron chi connectivity index (χ3n) is 2.98. The molecule has 0 radical (unpaired) electrons. The smallest absolute Gasteiger partial charge is 0.233 e. The van der Waals surface area contributed by atoms with E-state index in [9.17, 15) is 0 Å². The van der Waals surface area contributed by atoms with Crippen LogP contribution in [0, 0.1) is 11.3 Å². The van der Waals surface area contributed by atoms with Crippen LogP contribution in [0.2, 0.25) is 0 Å². The number of aromatic nitrogens is 3. The maximum absolute atomic E-state index is 9.09. The molecule has 0 bridgehead atoms. The van der Waals surface area contributed by atoms with Gasteiger partial charge in [0.05, 0.1) is 11.3 Å². The SMILES string of the molecule is CCN(CC)c1nc(N)nc(Nc2ccccc2C#N)n1. The van der Waals surface area contributed by atoms with E-state index in [-0.39, 0.29) is 5.95 Å². The predicted octanol–water partition coefficient (Wildman–Crippen LogP) is 1.92. The van der Waals surface area contributed by atoms with Gasteiger partial charge < -0.3 is 16.0 Å². The van der Waals surface area contributed by atoms with Crippen LogP contribution in [0.3, 0.4) is 0 Å². The molecule has 0 spiro atoms. The Labute approximate surface area is 123 Å². The van der Waals surface area contributed by atoms with Crippen LogP contribution in [0.1, 0.15) is 19.4 Å². The van der Waals surface area contributed by atoms with E-state index in [2.05, 4.69) is 26.3 Å². The molecule has 7 heteroatoms. The number of hydrogen-bond donors (Lipinski definition) is 2. The Morgan fingerprint density at radius 2 is 1.90 bits per heavy atom. The Kier molecular flexibility index (Phi) is 4.51. The van der Waals surface area contributed by atoms with Gasteiger partial charge in [-0.05, 0) is 26.0 Å². The monoisotopic (exact) mass is 283 g/mol. The number of nitrogens with zero attached hydrogens (tertiary/aromatic N) is 5. The lowest BCUT2D eigenvalue weighted by Gasteiger charge is -2.19. The van der Waals surface area contributed by atoms with Crippen molar-refractivity contribution in [3.05, 3.63) is 29.8 Å². The number of rotatable bonds is 5. The van der Waals surface area contributed by atoms with Gasteiger partial charge in [-0.25, -0.2) is 0 Å². The first-order valence-corrected chi connectivity index (χ1v) is 6.70. The molecule has 3 N–H and O–H groups in total. The van der Waals surface area contributed by atoms with E-state index in [1.807, 2.05) is 24.8 Å². The molecule has 1 aromatic carbocycles. The first-order chi connectivity index (χ1) is 10.2. The molecule has 0 atom stereocenters. The summed E-state index contributed by atoms with van der Waals surface area (Å²) in [6.45, 7) is 5.57. The molecule has 0 aliphatic heterocycles. The summed E-state index contributed by atoms with van der Waals surface area (Å²) >= 11 is 0. The molecular weight excluding hydrogens is 266 g/mol. The zero-order valence-corrected chi connectivity index (χ0v) is 12.0. The second kappa shape index (κ2) is 6.52. The molecule has 21 heavy (non-hydrogen) atoms. The maximum atomic E-state index is 9.09. The average molecular weight is 283 g/mol. The molecule has 0 aliphatic carbocycles. The minimum Gasteiger partial charge on any atom is -0.368 e. The van der Waals surface area contributed by atoms with Crippen molar-refractivity contribution >= 4 is 23.5 Å². The topological polar surface area (TPSA) is 104 Å². The number of anilines is 4. The fourth-order valence-electron chi connectivity index (χ4n) is 1.89. The van der Waals surface area contributed by atoms with Crippen LogP contribution in [0.4, 0.5) is 23.5 Å². The summed E-state index contributed by atoms with van der Waals surface area (Å²) in [4.78, 5) is 14.5. The van der Waals surface area contributed by atoms with Gasteiger partial charge in [0.1, 0.15) is 6.07 Å². The second-order valence-corrected chi connectivity index (χ2v) is 4.27. The van der Waals surface area contributed by atoms with Crippen molar-refractivity contribution in [3.8, 4) is 6.07 Å². The lowest BCUT2D eigenvalue weighted by atomic mass is 10.2. The van der Waals surface area contributed by atoms with Gasteiger partial charge in [0, 0.05) is 13.1 Å². The molecule has 108 valence electrons. The van der Waals surface area contributed by atoms with Gasteiger partial charge in [0.25, 0.3) is 0 Å².